The Morgan fingerprint density at radius 3 is 2.79 bits per heavy atom. The van der Waals surface area contributed by atoms with Gasteiger partial charge in [0.2, 0.25) is 0 Å². The molecule has 4 nitrogen and oxygen atoms in total. The topological polar surface area (TPSA) is 55.1 Å². The molecule has 0 saturated heterocycles. The highest BCUT2D eigenvalue weighted by Gasteiger charge is 2.17. The van der Waals surface area contributed by atoms with E-state index in [1.807, 2.05) is 19.2 Å². The summed E-state index contributed by atoms with van der Waals surface area (Å²) in [6.45, 7) is 7.64. The molecule has 2 heterocycles. The van der Waals surface area contributed by atoms with E-state index < -0.39 is 0 Å². The molecule has 0 radical (unpaired) electrons. The molecule has 0 bridgehead atoms. The molecule has 2 aromatic rings. The summed E-state index contributed by atoms with van der Waals surface area (Å²) >= 11 is 1.63. The average molecular weight is 278 g/mol. The molecule has 1 N–H and O–H groups in total. The summed E-state index contributed by atoms with van der Waals surface area (Å²) in [4.78, 5) is 16.6. The van der Waals surface area contributed by atoms with Gasteiger partial charge in [-0.3, -0.25) is 4.79 Å². The number of nitrogens with zero attached hydrogens (tertiary/aromatic N) is 1. The fourth-order valence-electron chi connectivity index (χ4n) is 1.89. The maximum atomic E-state index is 12.1. The molecule has 0 aliphatic heterocycles. The predicted molar refractivity (Wildman–Crippen MR) is 75.6 cm³/mol. The van der Waals surface area contributed by atoms with Crippen LogP contribution in [0.5, 0.6) is 0 Å². The third kappa shape index (κ3) is 3.04. The molecule has 2 rings (SSSR count). The molecule has 102 valence electrons. The van der Waals surface area contributed by atoms with E-state index in [-0.39, 0.29) is 11.9 Å². The van der Waals surface area contributed by atoms with E-state index >= 15 is 0 Å². The molecular weight excluding hydrogens is 260 g/mol. The summed E-state index contributed by atoms with van der Waals surface area (Å²) in [7, 11) is 0. The van der Waals surface area contributed by atoms with Crippen molar-refractivity contribution >= 4 is 17.2 Å². The number of nitrogens with one attached hydrogen (secondary N) is 1. The first-order valence-corrected chi connectivity index (χ1v) is 7.21. The second-order valence-corrected chi connectivity index (χ2v) is 5.48. The van der Waals surface area contributed by atoms with Crippen LogP contribution in [0.25, 0.3) is 0 Å². The standard InChI is InChI=1S/C14H18N2O2S/c1-5-13-16-12(7-19-13)9(3)15-14(17)11-6-8(2)18-10(11)4/h6-7,9H,5H2,1-4H3,(H,15,17). The highest BCUT2D eigenvalue weighted by atomic mass is 32.1. The quantitative estimate of drug-likeness (QED) is 0.932. The van der Waals surface area contributed by atoms with Gasteiger partial charge in [0.05, 0.1) is 22.3 Å². The lowest BCUT2D eigenvalue weighted by atomic mass is 10.2. The summed E-state index contributed by atoms with van der Waals surface area (Å²) in [6, 6.07) is 1.66. The monoisotopic (exact) mass is 278 g/mol. The van der Waals surface area contributed by atoms with Gasteiger partial charge in [0, 0.05) is 5.38 Å². The number of thiazole rings is 1. The number of aryl methyl sites for hydroxylation is 3. The molecule has 0 aliphatic carbocycles. The van der Waals surface area contributed by atoms with Crippen molar-refractivity contribution in [3.05, 3.63) is 39.2 Å². The van der Waals surface area contributed by atoms with Crippen LogP contribution >= 0.6 is 11.3 Å². The zero-order valence-corrected chi connectivity index (χ0v) is 12.4. The van der Waals surface area contributed by atoms with Gasteiger partial charge in [0.25, 0.3) is 5.91 Å². The lowest BCUT2D eigenvalue weighted by Crippen LogP contribution is -2.27. The Morgan fingerprint density at radius 2 is 2.26 bits per heavy atom. The molecule has 1 atom stereocenters. The van der Waals surface area contributed by atoms with Crippen molar-refractivity contribution in [1.82, 2.24) is 10.3 Å². The van der Waals surface area contributed by atoms with Crippen LogP contribution in [0.15, 0.2) is 15.9 Å². The Morgan fingerprint density at radius 1 is 1.53 bits per heavy atom. The predicted octanol–water partition coefficient (Wildman–Crippen LogP) is 3.41. The summed E-state index contributed by atoms with van der Waals surface area (Å²) in [5.41, 5.74) is 1.50. The van der Waals surface area contributed by atoms with Crippen molar-refractivity contribution < 1.29 is 9.21 Å². The molecule has 0 saturated carbocycles. The van der Waals surface area contributed by atoms with Gasteiger partial charge in [0.15, 0.2) is 0 Å². The molecule has 0 aromatic carbocycles. The Hall–Kier alpha value is -1.62. The van der Waals surface area contributed by atoms with Crippen molar-refractivity contribution in [2.24, 2.45) is 0 Å². The molecule has 0 fully saturated rings. The third-order valence-corrected chi connectivity index (χ3v) is 3.96. The number of carbonyl (C=O) groups excluding carboxylic acids is 1. The van der Waals surface area contributed by atoms with Crippen molar-refractivity contribution in [3.8, 4) is 0 Å². The number of hydrogen-bond acceptors (Lipinski definition) is 4. The minimum atomic E-state index is -0.118. The van der Waals surface area contributed by atoms with Crippen LogP contribution in [0.3, 0.4) is 0 Å². The van der Waals surface area contributed by atoms with Gasteiger partial charge >= 0.3 is 0 Å². The Labute approximate surface area is 116 Å². The van der Waals surface area contributed by atoms with Gasteiger partial charge in [-0.25, -0.2) is 4.98 Å². The number of hydrogen-bond donors (Lipinski definition) is 1. The van der Waals surface area contributed by atoms with Crippen LogP contribution in [0, 0.1) is 13.8 Å². The molecule has 2 aromatic heterocycles. The summed E-state index contributed by atoms with van der Waals surface area (Å²) < 4.78 is 5.37. The van der Waals surface area contributed by atoms with Crippen LogP contribution in [0.2, 0.25) is 0 Å². The summed E-state index contributed by atoms with van der Waals surface area (Å²) in [5.74, 6) is 1.28. The van der Waals surface area contributed by atoms with Crippen LogP contribution in [0.1, 0.15) is 52.5 Å². The maximum absolute atomic E-state index is 12.1. The Kier molecular flexibility index (Phi) is 4.04. The number of carbonyl (C=O) groups is 1. The maximum Gasteiger partial charge on any atom is 0.255 e. The minimum absolute atomic E-state index is 0.0985. The third-order valence-electron chi connectivity index (χ3n) is 2.95. The van der Waals surface area contributed by atoms with E-state index in [4.69, 9.17) is 4.42 Å². The number of aromatic nitrogens is 1. The van der Waals surface area contributed by atoms with E-state index in [2.05, 4.69) is 17.2 Å². The van der Waals surface area contributed by atoms with Gasteiger partial charge in [-0.1, -0.05) is 6.92 Å². The SMILES string of the molecule is CCc1nc(C(C)NC(=O)c2cc(C)oc2C)cs1. The van der Waals surface area contributed by atoms with E-state index in [1.165, 1.54) is 0 Å². The first-order valence-electron chi connectivity index (χ1n) is 6.33. The fraction of sp³-hybridized carbons (Fsp3) is 0.429. The fourth-order valence-corrected chi connectivity index (χ4v) is 2.73. The highest BCUT2D eigenvalue weighted by Crippen LogP contribution is 2.19. The number of amides is 1. The van der Waals surface area contributed by atoms with Crippen molar-refractivity contribution in [2.75, 3.05) is 0 Å². The molecule has 0 spiro atoms. The van der Waals surface area contributed by atoms with E-state index in [1.54, 1.807) is 24.3 Å². The molecule has 19 heavy (non-hydrogen) atoms. The van der Waals surface area contributed by atoms with Gasteiger partial charge < -0.3 is 9.73 Å². The lowest BCUT2D eigenvalue weighted by Gasteiger charge is -2.10. The van der Waals surface area contributed by atoms with Crippen molar-refractivity contribution in [3.63, 3.8) is 0 Å². The first kappa shape index (κ1) is 13.8. The van der Waals surface area contributed by atoms with Crippen LogP contribution in [0.4, 0.5) is 0 Å². The number of furan rings is 1. The van der Waals surface area contributed by atoms with Gasteiger partial charge in [-0.2, -0.15) is 0 Å². The molecule has 1 amide bonds. The van der Waals surface area contributed by atoms with Crippen LogP contribution in [-0.4, -0.2) is 10.9 Å². The van der Waals surface area contributed by atoms with E-state index in [0.717, 1.165) is 22.9 Å². The molecule has 0 aliphatic rings. The zero-order valence-electron chi connectivity index (χ0n) is 11.6. The Bertz CT molecular complexity index is 586. The van der Waals surface area contributed by atoms with Crippen molar-refractivity contribution in [1.29, 1.82) is 0 Å². The molecule has 1 unspecified atom stereocenters. The summed E-state index contributed by atoms with van der Waals surface area (Å²) in [5, 5.41) is 6.04. The normalized spacial score (nSPS) is 12.4. The minimum Gasteiger partial charge on any atom is -0.466 e. The highest BCUT2D eigenvalue weighted by molar-refractivity contribution is 7.09. The largest absolute Gasteiger partial charge is 0.466 e. The van der Waals surface area contributed by atoms with Crippen molar-refractivity contribution in [2.45, 2.75) is 40.2 Å². The van der Waals surface area contributed by atoms with Crippen LogP contribution < -0.4 is 5.32 Å². The second kappa shape index (κ2) is 5.57. The van der Waals surface area contributed by atoms with Crippen LogP contribution in [-0.2, 0) is 6.42 Å². The lowest BCUT2D eigenvalue weighted by molar-refractivity contribution is 0.0937. The van der Waals surface area contributed by atoms with E-state index in [0.29, 0.717) is 11.3 Å². The Balaban J connectivity index is 2.08. The average Bonchev–Trinajstić information content (AvgIpc) is 2.95. The number of rotatable bonds is 4. The summed E-state index contributed by atoms with van der Waals surface area (Å²) in [6.07, 6.45) is 0.922. The zero-order chi connectivity index (χ0) is 14.0. The first-order chi connectivity index (χ1) is 9.01. The van der Waals surface area contributed by atoms with Gasteiger partial charge in [-0.15, -0.1) is 11.3 Å². The smallest absolute Gasteiger partial charge is 0.255 e. The molecular formula is C14H18N2O2S. The van der Waals surface area contributed by atoms with Gasteiger partial charge in [0.1, 0.15) is 11.5 Å². The van der Waals surface area contributed by atoms with Gasteiger partial charge in [-0.05, 0) is 33.3 Å². The molecule has 5 heteroatoms. The second-order valence-electron chi connectivity index (χ2n) is 4.54. The van der Waals surface area contributed by atoms with E-state index in [9.17, 15) is 4.79 Å².